The first-order valence-electron chi connectivity index (χ1n) is 5.78. The highest BCUT2D eigenvalue weighted by Crippen LogP contribution is 2.22. The molecule has 0 radical (unpaired) electrons. The van der Waals surface area contributed by atoms with Crippen molar-refractivity contribution in [1.29, 1.82) is 0 Å². The molecule has 5 heteroatoms. The minimum absolute atomic E-state index is 0.244. The molecule has 0 aliphatic rings. The lowest BCUT2D eigenvalue weighted by molar-refractivity contribution is 0.103. The third-order valence-corrected chi connectivity index (χ3v) is 2.90. The van der Waals surface area contributed by atoms with Crippen LogP contribution in [-0.2, 0) is 0 Å². The average Bonchev–Trinajstić information content (AvgIpc) is 2.43. The van der Waals surface area contributed by atoms with Crippen molar-refractivity contribution >= 4 is 5.78 Å². The maximum Gasteiger partial charge on any atom is 0.194 e. The second kappa shape index (κ2) is 5.36. The van der Waals surface area contributed by atoms with E-state index in [9.17, 15) is 18.0 Å². The minimum atomic E-state index is -1.59. The van der Waals surface area contributed by atoms with Crippen LogP contribution in [0, 0.1) is 24.4 Å². The Bertz CT molecular complexity index is 658. The fraction of sp³-hybridized carbons (Fsp3) is 0.133. The number of halogens is 3. The molecular formula is C15H11F3O2. The van der Waals surface area contributed by atoms with Gasteiger partial charge in [-0.3, -0.25) is 4.79 Å². The van der Waals surface area contributed by atoms with E-state index < -0.39 is 23.2 Å². The summed E-state index contributed by atoms with van der Waals surface area (Å²) in [6, 6.07) is 5.97. The molecular weight excluding hydrogens is 269 g/mol. The molecule has 2 aromatic carbocycles. The molecule has 0 saturated carbocycles. The van der Waals surface area contributed by atoms with Gasteiger partial charge in [0.25, 0.3) is 0 Å². The smallest absolute Gasteiger partial charge is 0.194 e. The fourth-order valence-electron chi connectivity index (χ4n) is 1.87. The number of hydrogen-bond donors (Lipinski definition) is 0. The van der Waals surface area contributed by atoms with Crippen LogP contribution in [0.2, 0.25) is 0 Å². The van der Waals surface area contributed by atoms with Crippen LogP contribution in [0.5, 0.6) is 5.75 Å². The fourth-order valence-corrected chi connectivity index (χ4v) is 1.87. The van der Waals surface area contributed by atoms with Crippen molar-refractivity contribution in [3.63, 3.8) is 0 Å². The number of ketones is 1. The number of methoxy groups -OCH3 is 1. The van der Waals surface area contributed by atoms with Crippen LogP contribution in [-0.4, -0.2) is 12.9 Å². The van der Waals surface area contributed by atoms with E-state index in [2.05, 4.69) is 0 Å². The molecule has 0 spiro atoms. The largest absolute Gasteiger partial charge is 0.496 e. The molecule has 0 unspecified atom stereocenters. The second-order valence-electron chi connectivity index (χ2n) is 4.27. The zero-order valence-electron chi connectivity index (χ0n) is 10.8. The van der Waals surface area contributed by atoms with Crippen LogP contribution in [0.25, 0.3) is 0 Å². The summed E-state index contributed by atoms with van der Waals surface area (Å²) < 4.78 is 44.2. The van der Waals surface area contributed by atoms with Gasteiger partial charge in [0.15, 0.2) is 23.2 Å². The zero-order valence-corrected chi connectivity index (χ0v) is 10.8. The van der Waals surface area contributed by atoms with Crippen molar-refractivity contribution in [1.82, 2.24) is 0 Å². The lowest BCUT2D eigenvalue weighted by Gasteiger charge is -2.07. The van der Waals surface area contributed by atoms with Gasteiger partial charge in [-0.05, 0) is 42.8 Å². The summed E-state index contributed by atoms with van der Waals surface area (Å²) in [7, 11) is 1.49. The Kier molecular flexibility index (Phi) is 3.79. The van der Waals surface area contributed by atoms with Crippen molar-refractivity contribution in [2.24, 2.45) is 0 Å². The summed E-state index contributed by atoms with van der Waals surface area (Å²) in [5.74, 6) is -4.36. The highest BCUT2D eigenvalue weighted by atomic mass is 19.2. The maximum absolute atomic E-state index is 13.1. The molecule has 2 nitrogen and oxygen atoms in total. The summed E-state index contributed by atoms with van der Waals surface area (Å²) in [6.45, 7) is 1.74. The topological polar surface area (TPSA) is 26.3 Å². The Morgan fingerprint density at radius 3 is 2.10 bits per heavy atom. The standard InChI is InChI=1S/C15H11F3O2/c1-8-5-9(3-4-13(8)20-2)15(19)10-6-11(16)14(18)12(17)7-10/h3-7H,1-2H3. The van der Waals surface area contributed by atoms with E-state index in [4.69, 9.17) is 4.74 Å². The number of aryl methyl sites for hydroxylation is 1. The van der Waals surface area contributed by atoms with Crippen LogP contribution in [0.4, 0.5) is 13.2 Å². The Balaban J connectivity index is 2.44. The van der Waals surface area contributed by atoms with E-state index in [-0.39, 0.29) is 11.1 Å². The number of carbonyl (C=O) groups is 1. The van der Waals surface area contributed by atoms with E-state index in [1.54, 1.807) is 19.1 Å². The van der Waals surface area contributed by atoms with Gasteiger partial charge in [-0.15, -0.1) is 0 Å². The van der Waals surface area contributed by atoms with E-state index in [1.165, 1.54) is 13.2 Å². The van der Waals surface area contributed by atoms with Gasteiger partial charge in [-0.2, -0.15) is 0 Å². The van der Waals surface area contributed by atoms with Gasteiger partial charge in [0.1, 0.15) is 5.75 Å². The number of ether oxygens (including phenoxy) is 1. The third kappa shape index (κ3) is 2.52. The van der Waals surface area contributed by atoms with Crippen LogP contribution in [0.15, 0.2) is 30.3 Å². The van der Waals surface area contributed by atoms with E-state index in [0.717, 1.165) is 0 Å². The summed E-state index contributed by atoms with van der Waals surface area (Å²) in [6.07, 6.45) is 0. The molecule has 0 saturated heterocycles. The molecule has 0 amide bonds. The predicted molar refractivity (Wildman–Crippen MR) is 67.5 cm³/mol. The van der Waals surface area contributed by atoms with Crippen molar-refractivity contribution < 1.29 is 22.7 Å². The molecule has 0 fully saturated rings. The quantitative estimate of drug-likeness (QED) is 0.633. The van der Waals surface area contributed by atoms with Crippen molar-refractivity contribution in [2.75, 3.05) is 7.11 Å². The summed E-state index contributed by atoms with van der Waals surface area (Å²) >= 11 is 0. The van der Waals surface area contributed by atoms with Gasteiger partial charge >= 0.3 is 0 Å². The molecule has 0 heterocycles. The van der Waals surface area contributed by atoms with Crippen LogP contribution in [0.3, 0.4) is 0 Å². The van der Waals surface area contributed by atoms with Crippen molar-refractivity contribution in [3.05, 3.63) is 64.5 Å². The van der Waals surface area contributed by atoms with E-state index >= 15 is 0 Å². The number of rotatable bonds is 3. The molecule has 20 heavy (non-hydrogen) atoms. The minimum Gasteiger partial charge on any atom is -0.496 e. The van der Waals surface area contributed by atoms with Gasteiger partial charge in [0.05, 0.1) is 7.11 Å². The Morgan fingerprint density at radius 1 is 1.00 bits per heavy atom. The zero-order chi connectivity index (χ0) is 14.9. The molecule has 2 aromatic rings. The second-order valence-corrected chi connectivity index (χ2v) is 4.27. The van der Waals surface area contributed by atoms with Crippen LogP contribution in [0.1, 0.15) is 21.5 Å². The van der Waals surface area contributed by atoms with Gasteiger partial charge < -0.3 is 4.74 Å². The monoisotopic (exact) mass is 280 g/mol. The molecule has 0 bridgehead atoms. The van der Waals surface area contributed by atoms with Crippen molar-refractivity contribution in [3.8, 4) is 5.75 Å². The molecule has 0 N–H and O–H groups in total. The first kappa shape index (κ1) is 14.1. The predicted octanol–water partition coefficient (Wildman–Crippen LogP) is 3.65. The highest BCUT2D eigenvalue weighted by Gasteiger charge is 2.17. The average molecular weight is 280 g/mol. The molecule has 0 atom stereocenters. The Hall–Kier alpha value is -2.30. The first-order valence-corrected chi connectivity index (χ1v) is 5.78. The Labute approximate surface area is 113 Å². The normalized spacial score (nSPS) is 10.4. The van der Waals surface area contributed by atoms with E-state index in [1.807, 2.05) is 0 Å². The number of carbonyl (C=O) groups excluding carboxylic acids is 1. The van der Waals surface area contributed by atoms with Gasteiger partial charge in [0, 0.05) is 11.1 Å². The summed E-state index contributed by atoms with van der Waals surface area (Å²) in [5.41, 5.74) is 0.709. The lowest BCUT2D eigenvalue weighted by Crippen LogP contribution is -2.05. The SMILES string of the molecule is COc1ccc(C(=O)c2cc(F)c(F)c(F)c2)cc1C. The van der Waals surface area contributed by atoms with Gasteiger partial charge in [-0.1, -0.05) is 0 Å². The van der Waals surface area contributed by atoms with Gasteiger partial charge in [-0.25, -0.2) is 13.2 Å². The summed E-state index contributed by atoms with van der Waals surface area (Å²) in [4.78, 5) is 12.1. The molecule has 104 valence electrons. The molecule has 0 aromatic heterocycles. The Morgan fingerprint density at radius 2 is 1.60 bits per heavy atom. The van der Waals surface area contributed by atoms with Crippen LogP contribution >= 0.6 is 0 Å². The van der Waals surface area contributed by atoms with Gasteiger partial charge in [0.2, 0.25) is 0 Å². The highest BCUT2D eigenvalue weighted by molar-refractivity contribution is 6.09. The first-order chi connectivity index (χ1) is 9.43. The number of benzene rings is 2. The molecule has 2 rings (SSSR count). The number of hydrogen-bond acceptors (Lipinski definition) is 2. The van der Waals surface area contributed by atoms with Crippen LogP contribution < -0.4 is 4.74 Å². The molecule has 0 aliphatic carbocycles. The third-order valence-electron chi connectivity index (χ3n) is 2.90. The van der Waals surface area contributed by atoms with E-state index in [0.29, 0.717) is 23.4 Å². The summed E-state index contributed by atoms with van der Waals surface area (Å²) in [5, 5.41) is 0. The lowest BCUT2D eigenvalue weighted by atomic mass is 10.0. The van der Waals surface area contributed by atoms with Crippen molar-refractivity contribution in [2.45, 2.75) is 6.92 Å². The molecule has 0 aliphatic heterocycles. The maximum atomic E-state index is 13.1.